The van der Waals surface area contributed by atoms with Crippen LogP contribution in [-0.4, -0.2) is 25.5 Å². The minimum atomic E-state index is -0.619. The van der Waals surface area contributed by atoms with Gasteiger partial charge < -0.3 is 15.4 Å². The predicted molar refractivity (Wildman–Crippen MR) is 69.2 cm³/mol. The Kier molecular flexibility index (Phi) is 5.32. The van der Waals surface area contributed by atoms with E-state index in [1.54, 1.807) is 31.3 Å². The number of hydrogen-bond acceptors (Lipinski definition) is 3. The Hall–Kier alpha value is -1.88. The van der Waals surface area contributed by atoms with Gasteiger partial charge in [-0.2, -0.15) is 0 Å². The Balaban J connectivity index is 2.86. The molecule has 0 spiro atoms. The molecule has 1 unspecified atom stereocenters. The molecule has 5 heteroatoms. The fourth-order valence-corrected chi connectivity index (χ4v) is 1.57. The Morgan fingerprint density at radius 1 is 1.28 bits per heavy atom. The monoisotopic (exact) mass is 250 g/mol. The molecule has 98 valence electrons. The minimum absolute atomic E-state index is 0.129. The molecule has 0 heterocycles. The molecular weight excluding hydrogens is 232 g/mol. The van der Waals surface area contributed by atoms with Gasteiger partial charge in [0.05, 0.1) is 0 Å². The molecule has 0 aliphatic carbocycles. The molecule has 0 fully saturated rings. The third-order valence-electron chi connectivity index (χ3n) is 2.35. The van der Waals surface area contributed by atoms with Crippen LogP contribution in [0.1, 0.15) is 25.5 Å². The van der Waals surface area contributed by atoms with Gasteiger partial charge in [0.2, 0.25) is 5.91 Å². The summed E-state index contributed by atoms with van der Waals surface area (Å²) in [5.74, 6) is -0.320. The fraction of sp³-hybridized carbons (Fsp3) is 0.385. The SMILES string of the molecule is CCOC(C(=O)NC)c1ccc(NC(C)=O)cc1. The summed E-state index contributed by atoms with van der Waals surface area (Å²) in [5, 5.41) is 5.23. The third kappa shape index (κ3) is 3.85. The van der Waals surface area contributed by atoms with Crippen molar-refractivity contribution >= 4 is 17.5 Å². The van der Waals surface area contributed by atoms with Crippen LogP contribution in [0.15, 0.2) is 24.3 Å². The predicted octanol–water partition coefficient (Wildman–Crippen LogP) is 1.47. The lowest BCUT2D eigenvalue weighted by Crippen LogP contribution is -2.27. The summed E-state index contributed by atoms with van der Waals surface area (Å²) in [6.45, 7) is 3.73. The summed E-state index contributed by atoms with van der Waals surface area (Å²) >= 11 is 0. The topological polar surface area (TPSA) is 67.4 Å². The van der Waals surface area contributed by atoms with E-state index in [0.29, 0.717) is 12.3 Å². The van der Waals surface area contributed by atoms with Crippen molar-refractivity contribution < 1.29 is 14.3 Å². The van der Waals surface area contributed by atoms with E-state index in [2.05, 4.69) is 10.6 Å². The van der Waals surface area contributed by atoms with Crippen LogP contribution in [0.4, 0.5) is 5.69 Å². The highest BCUT2D eigenvalue weighted by molar-refractivity contribution is 5.88. The van der Waals surface area contributed by atoms with Crippen molar-refractivity contribution in [2.45, 2.75) is 20.0 Å². The van der Waals surface area contributed by atoms with E-state index >= 15 is 0 Å². The van der Waals surface area contributed by atoms with E-state index < -0.39 is 6.10 Å². The second kappa shape index (κ2) is 6.76. The zero-order chi connectivity index (χ0) is 13.5. The fourth-order valence-electron chi connectivity index (χ4n) is 1.57. The number of carbonyl (C=O) groups excluding carboxylic acids is 2. The number of carbonyl (C=O) groups is 2. The van der Waals surface area contributed by atoms with E-state index in [1.807, 2.05) is 6.92 Å². The van der Waals surface area contributed by atoms with Gasteiger partial charge in [0.1, 0.15) is 0 Å². The molecule has 0 aliphatic heterocycles. The van der Waals surface area contributed by atoms with Gasteiger partial charge in [0.25, 0.3) is 5.91 Å². The maximum Gasteiger partial charge on any atom is 0.253 e. The van der Waals surface area contributed by atoms with Crippen LogP contribution in [0.25, 0.3) is 0 Å². The Morgan fingerprint density at radius 3 is 2.33 bits per heavy atom. The largest absolute Gasteiger partial charge is 0.364 e. The highest BCUT2D eigenvalue weighted by Crippen LogP contribution is 2.20. The van der Waals surface area contributed by atoms with Gasteiger partial charge in [0, 0.05) is 26.3 Å². The first-order chi connectivity index (χ1) is 8.58. The average Bonchev–Trinajstić information content (AvgIpc) is 2.35. The second-order valence-electron chi connectivity index (χ2n) is 3.75. The quantitative estimate of drug-likeness (QED) is 0.831. The molecule has 0 radical (unpaired) electrons. The van der Waals surface area contributed by atoms with Crippen molar-refractivity contribution in [2.24, 2.45) is 0 Å². The van der Waals surface area contributed by atoms with Crippen LogP contribution >= 0.6 is 0 Å². The highest BCUT2D eigenvalue weighted by Gasteiger charge is 2.19. The van der Waals surface area contributed by atoms with E-state index in [4.69, 9.17) is 4.74 Å². The number of nitrogens with one attached hydrogen (secondary N) is 2. The summed E-state index contributed by atoms with van der Waals surface area (Å²) < 4.78 is 5.40. The molecule has 2 N–H and O–H groups in total. The first-order valence-electron chi connectivity index (χ1n) is 5.79. The zero-order valence-electron chi connectivity index (χ0n) is 10.8. The smallest absolute Gasteiger partial charge is 0.253 e. The number of rotatable bonds is 5. The van der Waals surface area contributed by atoms with Crippen molar-refractivity contribution in [1.82, 2.24) is 5.32 Å². The number of amides is 2. The van der Waals surface area contributed by atoms with E-state index in [0.717, 1.165) is 5.56 Å². The average molecular weight is 250 g/mol. The molecule has 0 saturated heterocycles. The molecule has 5 nitrogen and oxygen atoms in total. The van der Waals surface area contributed by atoms with Gasteiger partial charge in [-0.1, -0.05) is 12.1 Å². The normalized spacial score (nSPS) is 11.7. The van der Waals surface area contributed by atoms with Crippen molar-refractivity contribution in [2.75, 3.05) is 19.0 Å². The number of anilines is 1. The summed E-state index contributed by atoms with van der Waals surface area (Å²) in [6.07, 6.45) is -0.619. The Morgan fingerprint density at radius 2 is 1.89 bits per heavy atom. The van der Waals surface area contributed by atoms with Gasteiger partial charge in [-0.15, -0.1) is 0 Å². The Labute approximate surface area is 107 Å². The second-order valence-corrected chi connectivity index (χ2v) is 3.75. The molecule has 18 heavy (non-hydrogen) atoms. The van der Waals surface area contributed by atoms with Crippen molar-refractivity contribution in [3.8, 4) is 0 Å². The molecule has 1 aromatic rings. The van der Waals surface area contributed by atoms with E-state index in [1.165, 1.54) is 6.92 Å². The standard InChI is InChI=1S/C13H18N2O3/c1-4-18-12(13(17)14-3)10-5-7-11(8-6-10)15-9(2)16/h5-8,12H,4H2,1-3H3,(H,14,17)(H,15,16). The minimum Gasteiger partial charge on any atom is -0.364 e. The van der Waals surface area contributed by atoms with E-state index in [9.17, 15) is 9.59 Å². The van der Waals surface area contributed by atoms with Crippen molar-refractivity contribution in [3.63, 3.8) is 0 Å². The lowest BCUT2D eigenvalue weighted by Gasteiger charge is -2.16. The summed E-state index contributed by atoms with van der Waals surface area (Å²) in [7, 11) is 1.57. The number of benzene rings is 1. The summed E-state index contributed by atoms with van der Waals surface area (Å²) in [5.41, 5.74) is 1.45. The van der Waals surface area contributed by atoms with Gasteiger partial charge in [0.15, 0.2) is 6.10 Å². The molecule has 2 amide bonds. The first-order valence-corrected chi connectivity index (χ1v) is 5.79. The number of ether oxygens (including phenoxy) is 1. The van der Waals surface area contributed by atoms with Crippen molar-refractivity contribution in [3.05, 3.63) is 29.8 Å². The molecule has 1 rings (SSSR count). The van der Waals surface area contributed by atoms with Crippen LogP contribution < -0.4 is 10.6 Å². The zero-order valence-corrected chi connectivity index (χ0v) is 10.8. The van der Waals surface area contributed by atoms with Crippen LogP contribution in [0, 0.1) is 0 Å². The van der Waals surface area contributed by atoms with Crippen LogP contribution in [0.2, 0.25) is 0 Å². The molecular formula is C13H18N2O3. The third-order valence-corrected chi connectivity index (χ3v) is 2.35. The molecule has 0 saturated carbocycles. The lowest BCUT2D eigenvalue weighted by molar-refractivity contribution is -0.132. The lowest BCUT2D eigenvalue weighted by atomic mass is 10.1. The van der Waals surface area contributed by atoms with Gasteiger partial charge in [-0.3, -0.25) is 9.59 Å². The van der Waals surface area contributed by atoms with Crippen molar-refractivity contribution in [1.29, 1.82) is 0 Å². The highest BCUT2D eigenvalue weighted by atomic mass is 16.5. The van der Waals surface area contributed by atoms with Crippen LogP contribution in [-0.2, 0) is 14.3 Å². The summed E-state index contributed by atoms with van der Waals surface area (Å²) in [6, 6.07) is 7.01. The first kappa shape index (κ1) is 14.2. The Bertz CT molecular complexity index is 415. The van der Waals surface area contributed by atoms with Gasteiger partial charge in [-0.05, 0) is 24.6 Å². The maximum absolute atomic E-state index is 11.7. The van der Waals surface area contributed by atoms with Gasteiger partial charge >= 0.3 is 0 Å². The molecule has 0 aromatic heterocycles. The maximum atomic E-state index is 11.7. The molecule has 1 atom stereocenters. The molecule has 1 aromatic carbocycles. The van der Waals surface area contributed by atoms with Gasteiger partial charge in [-0.25, -0.2) is 0 Å². The summed E-state index contributed by atoms with van der Waals surface area (Å²) in [4.78, 5) is 22.5. The van der Waals surface area contributed by atoms with Crippen LogP contribution in [0.5, 0.6) is 0 Å². The molecule has 0 bridgehead atoms. The number of likely N-dealkylation sites (N-methyl/N-ethyl adjacent to an activating group) is 1. The van der Waals surface area contributed by atoms with E-state index in [-0.39, 0.29) is 11.8 Å². The number of hydrogen-bond donors (Lipinski definition) is 2. The molecule has 0 aliphatic rings. The van der Waals surface area contributed by atoms with Crippen LogP contribution in [0.3, 0.4) is 0 Å².